The first-order valence-electron chi connectivity index (χ1n) is 10.2. The first-order chi connectivity index (χ1) is 15.1. The Hall–Kier alpha value is -2.76. The lowest BCUT2D eigenvalue weighted by Crippen LogP contribution is -2.49. The van der Waals surface area contributed by atoms with Gasteiger partial charge in [0, 0.05) is 44.6 Å². The first kappa shape index (κ1) is 21.5. The molecule has 0 radical (unpaired) electrons. The molecule has 10 heteroatoms. The van der Waals surface area contributed by atoms with Gasteiger partial charge in [0.1, 0.15) is 12.2 Å². The summed E-state index contributed by atoms with van der Waals surface area (Å²) < 4.78 is 6.90. The molecular weight excluding hydrogens is 400 g/mol. The van der Waals surface area contributed by atoms with E-state index in [1.165, 1.54) is 0 Å². The van der Waals surface area contributed by atoms with Crippen LogP contribution in [0, 0.1) is 0 Å². The van der Waals surface area contributed by atoms with E-state index in [2.05, 4.69) is 25.2 Å². The predicted molar refractivity (Wildman–Crippen MR) is 109 cm³/mol. The summed E-state index contributed by atoms with van der Waals surface area (Å²) in [5, 5.41) is 38.0. The van der Waals surface area contributed by atoms with Gasteiger partial charge in [-0.2, -0.15) is 0 Å². The average molecular weight is 426 g/mol. The molecule has 4 atom stereocenters. The maximum atomic E-state index is 10.1. The lowest BCUT2D eigenvalue weighted by molar-refractivity contribution is -0.235. The second-order valence-corrected chi connectivity index (χ2v) is 7.64. The van der Waals surface area contributed by atoms with Crippen molar-refractivity contribution in [2.45, 2.75) is 57.2 Å². The van der Waals surface area contributed by atoms with Crippen molar-refractivity contribution in [2.24, 2.45) is 0 Å². The smallest absolute Gasteiger partial charge is 0.157 e. The lowest BCUT2D eigenvalue weighted by Gasteiger charge is -2.34. The van der Waals surface area contributed by atoms with Gasteiger partial charge in [0.15, 0.2) is 6.29 Å². The zero-order valence-corrected chi connectivity index (χ0v) is 17.0. The van der Waals surface area contributed by atoms with Gasteiger partial charge in [-0.05, 0) is 24.3 Å². The van der Waals surface area contributed by atoms with Gasteiger partial charge in [-0.1, -0.05) is 17.3 Å². The Morgan fingerprint density at radius 1 is 0.935 bits per heavy atom. The number of rotatable bonds is 8. The number of aliphatic hydroxyl groups excluding tert-OH is 3. The maximum absolute atomic E-state index is 10.1. The van der Waals surface area contributed by atoms with E-state index >= 15 is 0 Å². The van der Waals surface area contributed by atoms with Crippen LogP contribution in [0.25, 0.3) is 0 Å². The number of aliphatic hydroxyl groups is 3. The van der Waals surface area contributed by atoms with E-state index in [1.807, 2.05) is 36.4 Å². The van der Waals surface area contributed by atoms with Gasteiger partial charge in [-0.25, -0.2) is 4.68 Å². The Morgan fingerprint density at radius 3 is 2.19 bits per heavy atom. The largest absolute Gasteiger partial charge is 0.390 e. The molecule has 1 aliphatic heterocycles. The van der Waals surface area contributed by atoms with Gasteiger partial charge in [-0.3, -0.25) is 14.9 Å². The Morgan fingerprint density at radius 2 is 1.58 bits per heavy atom. The molecule has 1 fully saturated rings. The molecular formula is C21H26N6O4. The second kappa shape index (κ2) is 10.0. The molecule has 0 spiro atoms. The SMILES string of the molecule is OC1CC(O)C(O)C(Cn2cc(CN(Cc3ccccn3)Cc3ccccn3)nn2)O1. The van der Waals surface area contributed by atoms with Crippen molar-refractivity contribution in [3.8, 4) is 0 Å². The van der Waals surface area contributed by atoms with Gasteiger partial charge in [0.25, 0.3) is 0 Å². The highest BCUT2D eigenvalue weighted by molar-refractivity contribution is 5.07. The summed E-state index contributed by atoms with van der Waals surface area (Å²) in [5.74, 6) is 0. The van der Waals surface area contributed by atoms with Crippen LogP contribution in [0.5, 0.6) is 0 Å². The fourth-order valence-corrected chi connectivity index (χ4v) is 3.61. The highest BCUT2D eigenvalue weighted by Crippen LogP contribution is 2.20. The zero-order valence-electron chi connectivity index (χ0n) is 17.0. The Balaban J connectivity index is 1.43. The Kier molecular flexibility index (Phi) is 6.95. The molecule has 4 unspecified atom stereocenters. The Bertz CT molecular complexity index is 900. The van der Waals surface area contributed by atoms with E-state index in [0.717, 1.165) is 17.1 Å². The van der Waals surface area contributed by atoms with E-state index in [4.69, 9.17) is 4.74 Å². The number of hydrogen-bond acceptors (Lipinski definition) is 9. The highest BCUT2D eigenvalue weighted by atomic mass is 16.6. The number of nitrogens with zero attached hydrogens (tertiary/aromatic N) is 6. The van der Waals surface area contributed by atoms with Crippen LogP contribution in [0.2, 0.25) is 0 Å². The van der Waals surface area contributed by atoms with Crippen molar-refractivity contribution in [3.05, 3.63) is 72.1 Å². The quantitative estimate of drug-likeness (QED) is 0.459. The van der Waals surface area contributed by atoms with Gasteiger partial charge in [-0.15, -0.1) is 5.10 Å². The second-order valence-electron chi connectivity index (χ2n) is 7.64. The van der Waals surface area contributed by atoms with Crippen LogP contribution in [0.1, 0.15) is 23.5 Å². The van der Waals surface area contributed by atoms with Gasteiger partial charge < -0.3 is 20.1 Å². The molecule has 0 aliphatic carbocycles. The third kappa shape index (κ3) is 5.90. The normalized spacial score (nSPS) is 23.9. The molecule has 3 aromatic rings. The van der Waals surface area contributed by atoms with Crippen LogP contribution >= 0.6 is 0 Å². The monoisotopic (exact) mass is 426 g/mol. The molecule has 0 bridgehead atoms. The van der Waals surface area contributed by atoms with Crippen molar-refractivity contribution in [3.63, 3.8) is 0 Å². The maximum Gasteiger partial charge on any atom is 0.157 e. The fourth-order valence-electron chi connectivity index (χ4n) is 3.61. The molecule has 0 aromatic carbocycles. The fraction of sp³-hybridized carbons (Fsp3) is 0.429. The molecule has 4 rings (SSSR count). The number of pyridine rings is 2. The summed E-state index contributed by atoms with van der Waals surface area (Å²) in [6.45, 7) is 1.93. The zero-order chi connectivity index (χ0) is 21.6. The molecule has 1 aliphatic rings. The van der Waals surface area contributed by atoms with E-state index in [0.29, 0.717) is 19.6 Å². The van der Waals surface area contributed by atoms with Gasteiger partial charge in [0.05, 0.1) is 29.7 Å². The van der Waals surface area contributed by atoms with E-state index in [-0.39, 0.29) is 13.0 Å². The van der Waals surface area contributed by atoms with Crippen LogP contribution < -0.4 is 0 Å². The van der Waals surface area contributed by atoms with Crippen molar-refractivity contribution in [2.75, 3.05) is 0 Å². The summed E-state index contributed by atoms with van der Waals surface area (Å²) >= 11 is 0. The summed E-state index contributed by atoms with van der Waals surface area (Å²) in [6, 6.07) is 11.6. The third-order valence-corrected chi connectivity index (χ3v) is 5.11. The van der Waals surface area contributed by atoms with Gasteiger partial charge >= 0.3 is 0 Å². The van der Waals surface area contributed by atoms with Crippen LogP contribution in [-0.4, -0.2) is 69.8 Å². The lowest BCUT2D eigenvalue weighted by atomic mass is 10.0. The summed E-state index contributed by atoms with van der Waals surface area (Å²) in [6.07, 6.45) is 1.27. The van der Waals surface area contributed by atoms with Crippen LogP contribution in [0.15, 0.2) is 55.0 Å². The first-order valence-corrected chi connectivity index (χ1v) is 10.2. The summed E-state index contributed by atoms with van der Waals surface area (Å²) in [4.78, 5) is 11.0. The number of hydrogen-bond donors (Lipinski definition) is 3. The minimum atomic E-state index is -1.11. The molecule has 10 nitrogen and oxygen atoms in total. The highest BCUT2D eigenvalue weighted by Gasteiger charge is 2.36. The summed E-state index contributed by atoms with van der Waals surface area (Å²) in [5.41, 5.74) is 2.61. The number of ether oxygens (including phenoxy) is 1. The third-order valence-electron chi connectivity index (χ3n) is 5.11. The molecule has 164 valence electrons. The Labute approximate surface area is 179 Å². The van der Waals surface area contributed by atoms with Crippen molar-refractivity contribution < 1.29 is 20.1 Å². The average Bonchev–Trinajstić information content (AvgIpc) is 3.20. The molecule has 3 N–H and O–H groups in total. The molecule has 0 saturated carbocycles. The minimum Gasteiger partial charge on any atom is -0.390 e. The van der Waals surface area contributed by atoms with Gasteiger partial charge in [0.2, 0.25) is 0 Å². The van der Waals surface area contributed by atoms with Crippen molar-refractivity contribution >= 4 is 0 Å². The molecule has 1 saturated heterocycles. The van der Waals surface area contributed by atoms with E-state index in [1.54, 1.807) is 23.3 Å². The van der Waals surface area contributed by atoms with E-state index < -0.39 is 24.6 Å². The minimum absolute atomic E-state index is 0.0176. The van der Waals surface area contributed by atoms with Crippen LogP contribution in [0.4, 0.5) is 0 Å². The molecule has 0 amide bonds. The standard InChI is InChI=1S/C21H26N6O4/c28-18-9-20(29)31-19(21(18)30)14-27-13-17(24-25-27)12-26(10-15-5-1-3-7-22-15)11-16-6-2-4-8-23-16/h1-8,13,18-21,28-30H,9-12,14H2. The number of aromatic nitrogens is 5. The van der Waals surface area contributed by atoms with E-state index in [9.17, 15) is 15.3 Å². The van der Waals surface area contributed by atoms with Crippen molar-refractivity contribution in [1.29, 1.82) is 0 Å². The molecule has 31 heavy (non-hydrogen) atoms. The predicted octanol–water partition coefficient (Wildman–Crippen LogP) is 0.0996. The van der Waals surface area contributed by atoms with Crippen LogP contribution in [-0.2, 0) is 30.9 Å². The van der Waals surface area contributed by atoms with Crippen LogP contribution in [0.3, 0.4) is 0 Å². The summed E-state index contributed by atoms with van der Waals surface area (Å²) in [7, 11) is 0. The topological polar surface area (TPSA) is 130 Å². The molecule has 3 aromatic heterocycles. The van der Waals surface area contributed by atoms with Crippen molar-refractivity contribution in [1.82, 2.24) is 29.9 Å². The molecule has 4 heterocycles.